The Kier molecular flexibility index (Phi) is 3.57. The molecule has 0 radical (unpaired) electrons. The van der Waals surface area contributed by atoms with Gasteiger partial charge < -0.3 is 4.90 Å². The van der Waals surface area contributed by atoms with Crippen molar-refractivity contribution in [2.75, 3.05) is 19.6 Å². The van der Waals surface area contributed by atoms with E-state index in [9.17, 15) is 4.79 Å². The highest BCUT2D eigenvalue weighted by molar-refractivity contribution is 5.81. The average molecular weight is 236 g/mol. The molecule has 0 saturated carbocycles. The zero-order valence-electron chi connectivity index (χ0n) is 11.5. The summed E-state index contributed by atoms with van der Waals surface area (Å²) in [5.74, 6) is 0.316. The quantitative estimate of drug-likeness (QED) is 0.685. The molecule has 2 heterocycles. The highest BCUT2D eigenvalue weighted by atomic mass is 16.2. The number of nitrogens with zero attached hydrogens (tertiary/aromatic N) is 2. The average Bonchev–Trinajstić information content (AvgIpc) is 2.27. The van der Waals surface area contributed by atoms with E-state index < -0.39 is 0 Å². The monoisotopic (exact) mass is 236 g/mol. The molecule has 3 heteroatoms. The minimum absolute atomic E-state index is 0.316. The maximum absolute atomic E-state index is 12.0. The van der Waals surface area contributed by atoms with Gasteiger partial charge in [0.15, 0.2) is 0 Å². The molecule has 0 fully saturated rings. The summed E-state index contributed by atoms with van der Waals surface area (Å²) in [5, 5.41) is 0. The Morgan fingerprint density at radius 3 is 2.29 bits per heavy atom. The number of rotatable bonds is 2. The van der Waals surface area contributed by atoms with Gasteiger partial charge in [-0.25, -0.2) is 0 Å². The van der Waals surface area contributed by atoms with Crippen molar-refractivity contribution in [3.63, 3.8) is 0 Å². The standard InChI is InChI=1S/C14H24N2O/c1-10(2)15-6-5-12-7-14(17)16(11(3)4)9-13(12)8-15/h10-11H,5-9H2,1-4H3. The van der Waals surface area contributed by atoms with Gasteiger partial charge in [0, 0.05) is 38.1 Å². The largest absolute Gasteiger partial charge is 0.336 e. The molecule has 2 aliphatic heterocycles. The van der Waals surface area contributed by atoms with E-state index in [1.54, 1.807) is 0 Å². The third kappa shape index (κ3) is 2.54. The SMILES string of the molecule is CC(C)N1CCC2=C(C1)CN(C(C)C)C(=O)C2. The predicted octanol–water partition coefficient (Wildman–Crippen LogP) is 2.04. The van der Waals surface area contributed by atoms with Gasteiger partial charge >= 0.3 is 0 Å². The molecule has 2 rings (SSSR count). The Balaban J connectivity index is 2.13. The first-order valence-corrected chi connectivity index (χ1v) is 6.72. The van der Waals surface area contributed by atoms with Gasteiger partial charge in [0.2, 0.25) is 5.91 Å². The van der Waals surface area contributed by atoms with Crippen LogP contribution in [0.5, 0.6) is 0 Å². The molecular weight excluding hydrogens is 212 g/mol. The topological polar surface area (TPSA) is 23.6 Å². The van der Waals surface area contributed by atoms with Crippen molar-refractivity contribution in [2.24, 2.45) is 0 Å². The molecule has 0 atom stereocenters. The third-order valence-electron chi connectivity index (χ3n) is 3.99. The van der Waals surface area contributed by atoms with Crippen molar-refractivity contribution >= 4 is 5.91 Å². The summed E-state index contributed by atoms with van der Waals surface area (Å²) in [5.41, 5.74) is 2.92. The zero-order valence-corrected chi connectivity index (χ0v) is 11.5. The van der Waals surface area contributed by atoms with Crippen LogP contribution in [0.4, 0.5) is 0 Å². The van der Waals surface area contributed by atoms with E-state index in [1.807, 2.05) is 4.90 Å². The van der Waals surface area contributed by atoms with E-state index in [2.05, 4.69) is 32.6 Å². The summed E-state index contributed by atoms with van der Waals surface area (Å²) >= 11 is 0. The van der Waals surface area contributed by atoms with Gasteiger partial charge in [0.05, 0.1) is 0 Å². The lowest BCUT2D eigenvalue weighted by atomic mass is 9.92. The van der Waals surface area contributed by atoms with Gasteiger partial charge in [-0.05, 0) is 39.7 Å². The van der Waals surface area contributed by atoms with E-state index in [-0.39, 0.29) is 0 Å². The van der Waals surface area contributed by atoms with Crippen LogP contribution in [0, 0.1) is 0 Å². The molecule has 0 aromatic carbocycles. The van der Waals surface area contributed by atoms with Crippen LogP contribution in [0.25, 0.3) is 0 Å². The molecule has 1 amide bonds. The molecule has 2 aliphatic rings. The molecule has 0 unspecified atom stereocenters. The maximum Gasteiger partial charge on any atom is 0.227 e. The van der Waals surface area contributed by atoms with Gasteiger partial charge in [-0.2, -0.15) is 0 Å². The predicted molar refractivity (Wildman–Crippen MR) is 69.8 cm³/mol. The molecule has 0 bridgehead atoms. The van der Waals surface area contributed by atoms with Crippen LogP contribution in [-0.4, -0.2) is 47.4 Å². The normalized spacial score (nSPS) is 22.7. The number of carbonyl (C=O) groups excluding carboxylic acids is 1. The van der Waals surface area contributed by atoms with Gasteiger partial charge in [-0.15, -0.1) is 0 Å². The highest BCUT2D eigenvalue weighted by Crippen LogP contribution is 2.28. The first-order chi connectivity index (χ1) is 7.99. The number of carbonyl (C=O) groups is 1. The van der Waals surface area contributed by atoms with E-state index in [1.165, 1.54) is 11.1 Å². The summed E-state index contributed by atoms with van der Waals surface area (Å²) in [7, 11) is 0. The molecule has 3 nitrogen and oxygen atoms in total. The van der Waals surface area contributed by atoms with Crippen LogP contribution in [0.3, 0.4) is 0 Å². The Morgan fingerprint density at radius 2 is 1.71 bits per heavy atom. The lowest BCUT2D eigenvalue weighted by Gasteiger charge is -2.40. The number of hydrogen-bond acceptors (Lipinski definition) is 2. The Bertz CT molecular complexity index is 344. The zero-order chi connectivity index (χ0) is 12.6. The van der Waals surface area contributed by atoms with E-state index in [0.717, 1.165) is 26.1 Å². The summed E-state index contributed by atoms with van der Waals surface area (Å²) in [4.78, 5) is 16.5. The smallest absolute Gasteiger partial charge is 0.227 e. The van der Waals surface area contributed by atoms with Gasteiger partial charge in [0.25, 0.3) is 0 Å². The molecular formula is C14H24N2O. The minimum Gasteiger partial charge on any atom is -0.336 e. The molecule has 0 N–H and O–H groups in total. The molecule has 0 aliphatic carbocycles. The summed E-state index contributed by atoms with van der Waals surface area (Å²) < 4.78 is 0. The fourth-order valence-corrected chi connectivity index (χ4v) is 2.76. The summed E-state index contributed by atoms with van der Waals surface area (Å²) in [6.45, 7) is 11.7. The maximum atomic E-state index is 12.0. The Hall–Kier alpha value is -0.830. The molecule has 96 valence electrons. The van der Waals surface area contributed by atoms with Crippen molar-refractivity contribution in [3.05, 3.63) is 11.1 Å². The van der Waals surface area contributed by atoms with Crippen molar-refractivity contribution in [1.82, 2.24) is 9.80 Å². The van der Waals surface area contributed by atoms with Crippen LogP contribution in [-0.2, 0) is 4.79 Å². The highest BCUT2D eigenvalue weighted by Gasteiger charge is 2.30. The van der Waals surface area contributed by atoms with Crippen LogP contribution >= 0.6 is 0 Å². The van der Waals surface area contributed by atoms with Crippen molar-refractivity contribution in [1.29, 1.82) is 0 Å². The molecule has 0 aromatic rings. The molecule has 17 heavy (non-hydrogen) atoms. The fraction of sp³-hybridized carbons (Fsp3) is 0.786. The first-order valence-electron chi connectivity index (χ1n) is 6.72. The van der Waals surface area contributed by atoms with Gasteiger partial charge in [-0.1, -0.05) is 5.57 Å². The lowest BCUT2D eigenvalue weighted by Crippen LogP contribution is -2.47. The first kappa shape index (κ1) is 12.6. The molecule has 0 saturated heterocycles. The summed E-state index contributed by atoms with van der Waals surface area (Å²) in [6, 6.07) is 0.931. The van der Waals surface area contributed by atoms with Crippen LogP contribution in [0.2, 0.25) is 0 Å². The minimum atomic E-state index is 0.316. The van der Waals surface area contributed by atoms with Crippen LogP contribution in [0.1, 0.15) is 40.5 Å². The van der Waals surface area contributed by atoms with Crippen molar-refractivity contribution in [3.8, 4) is 0 Å². The van der Waals surface area contributed by atoms with E-state index >= 15 is 0 Å². The Morgan fingerprint density at radius 1 is 1.00 bits per heavy atom. The van der Waals surface area contributed by atoms with E-state index in [0.29, 0.717) is 24.4 Å². The fourth-order valence-electron chi connectivity index (χ4n) is 2.76. The lowest BCUT2D eigenvalue weighted by molar-refractivity contribution is -0.132. The van der Waals surface area contributed by atoms with E-state index in [4.69, 9.17) is 0 Å². The van der Waals surface area contributed by atoms with Crippen LogP contribution < -0.4 is 0 Å². The number of hydrogen-bond donors (Lipinski definition) is 0. The van der Waals surface area contributed by atoms with Crippen LogP contribution in [0.15, 0.2) is 11.1 Å². The second-order valence-electron chi connectivity index (χ2n) is 5.81. The Labute approximate surface area is 104 Å². The van der Waals surface area contributed by atoms with Crippen molar-refractivity contribution in [2.45, 2.75) is 52.6 Å². The molecule has 0 spiro atoms. The second-order valence-corrected chi connectivity index (χ2v) is 5.81. The summed E-state index contributed by atoms with van der Waals surface area (Å²) in [6.07, 6.45) is 1.75. The van der Waals surface area contributed by atoms with Gasteiger partial charge in [0.1, 0.15) is 0 Å². The second kappa shape index (κ2) is 4.81. The molecule has 0 aromatic heterocycles. The van der Waals surface area contributed by atoms with Gasteiger partial charge in [-0.3, -0.25) is 9.69 Å². The number of amides is 1. The third-order valence-corrected chi connectivity index (χ3v) is 3.99. The van der Waals surface area contributed by atoms with Crippen molar-refractivity contribution < 1.29 is 4.79 Å².